The van der Waals surface area contributed by atoms with Crippen molar-refractivity contribution in [2.45, 2.75) is 52.2 Å². The zero-order valence-electron chi connectivity index (χ0n) is 13.9. The van der Waals surface area contributed by atoms with Gasteiger partial charge in [0.1, 0.15) is 6.73 Å². The zero-order chi connectivity index (χ0) is 16.5. The average molecular weight is 343 g/mol. The van der Waals surface area contributed by atoms with Gasteiger partial charge in [-0.05, 0) is 17.5 Å². The van der Waals surface area contributed by atoms with E-state index in [2.05, 4.69) is 24.6 Å². The molecule has 0 unspecified atom stereocenters. The van der Waals surface area contributed by atoms with Crippen LogP contribution in [0.2, 0.25) is 30.8 Å². The molecule has 2 aromatic rings. The number of fused-ring (bicyclic) bond motifs is 1. The Morgan fingerprint density at radius 1 is 1.36 bits per heavy atom. The van der Waals surface area contributed by atoms with Gasteiger partial charge in [0.05, 0.1) is 11.7 Å². The largest absolute Gasteiger partial charge is 0.361 e. The standard InChI is InChI=1S/C16H24ClFN2OSi/c1-11(2)12-9-20(10-21-6-7-22(3,4)5)13-8-19-16(17)15(18)14(12)13/h8-9,11H,6-7,10H2,1-5H3. The molecule has 0 bridgehead atoms. The summed E-state index contributed by atoms with van der Waals surface area (Å²) in [5.41, 5.74) is 1.67. The van der Waals surface area contributed by atoms with Crippen LogP contribution in [0.1, 0.15) is 25.3 Å². The number of hydrogen-bond donors (Lipinski definition) is 0. The summed E-state index contributed by atoms with van der Waals surface area (Å²) in [5, 5.41) is 0.482. The van der Waals surface area contributed by atoms with Crippen LogP contribution < -0.4 is 0 Å². The van der Waals surface area contributed by atoms with E-state index in [4.69, 9.17) is 16.3 Å². The highest BCUT2D eigenvalue weighted by Gasteiger charge is 2.18. The van der Waals surface area contributed by atoms with Crippen molar-refractivity contribution in [3.05, 3.63) is 28.9 Å². The molecule has 3 nitrogen and oxygen atoms in total. The predicted octanol–water partition coefficient (Wildman–Crippen LogP) is 5.26. The van der Waals surface area contributed by atoms with Crippen molar-refractivity contribution < 1.29 is 9.13 Å². The molecular weight excluding hydrogens is 319 g/mol. The van der Waals surface area contributed by atoms with Crippen molar-refractivity contribution in [2.75, 3.05) is 6.61 Å². The Morgan fingerprint density at radius 3 is 2.64 bits per heavy atom. The van der Waals surface area contributed by atoms with E-state index in [0.717, 1.165) is 23.7 Å². The van der Waals surface area contributed by atoms with Crippen molar-refractivity contribution in [3.63, 3.8) is 0 Å². The molecule has 122 valence electrons. The molecule has 22 heavy (non-hydrogen) atoms. The summed E-state index contributed by atoms with van der Waals surface area (Å²) in [7, 11) is -1.10. The normalized spacial score (nSPS) is 12.5. The molecule has 6 heteroatoms. The Morgan fingerprint density at radius 2 is 2.05 bits per heavy atom. The first-order valence-electron chi connectivity index (χ1n) is 7.61. The molecular formula is C16H24ClFN2OSi. The molecule has 2 rings (SSSR count). The van der Waals surface area contributed by atoms with E-state index < -0.39 is 13.9 Å². The minimum atomic E-state index is -1.10. The third kappa shape index (κ3) is 3.89. The molecule has 0 radical (unpaired) electrons. The fourth-order valence-corrected chi connectivity index (χ4v) is 3.23. The first-order chi connectivity index (χ1) is 10.2. The van der Waals surface area contributed by atoms with Gasteiger partial charge in [-0.3, -0.25) is 0 Å². The summed E-state index contributed by atoms with van der Waals surface area (Å²) in [5.74, 6) is -0.234. The molecule has 2 heterocycles. The maximum absolute atomic E-state index is 14.3. The minimum absolute atomic E-state index is 0.0770. The topological polar surface area (TPSA) is 27.1 Å². The van der Waals surface area contributed by atoms with Gasteiger partial charge in [-0.25, -0.2) is 9.37 Å². The number of rotatable bonds is 6. The van der Waals surface area contributed by atoms with Crippen molar-refractivity contribution >= 4 is 30.6 Å². The summed E-state index contributed by atoms with van der Waals surface area (Å²) in [4.78, 5) is 3.93. The van der Waals surface area contributed by atoms with Crippen molar-refractivity contribution in [2.24, 2.45) is 0 Å². The molecule has 0 saturated heterocycles. The van der Waals surface area contributed by atoms with Crippen LogP contribution in [0.4, 0.5) is 4.39 Å². The molecule has 0 aliphatic heterocycles. The molecule has 0 aliphatic carbocycles. The van der Waals surface area contributed by atoms with Crippen LogP contribution in [0.25, 0.3) is 10.9 Å². The minimum Gasteiger partial charge on any atom is -0.361 e. The van der Waals surface area contributed by atoms with Crippen LogP contribution in [-0.4, -0.2) is 24.2 Å². The molecule has 0 aromatic carbocycles. The summed E-state index contributed by atoms with van der Waals surface area (Å²) in [6.07, 6.45) is 3.57. The lowest BCUT2D eigenvalue weighted by Crippen LogP contribution is -2.21. The number of ether oxygens (including phenoxy) is 1. The lowest BCUT2D eigenvalue weighted by atomic mass is 10.0. The third-order valence-electron chi connectivity index (χ3n) is 3.70. The van der Waals surface area contributed by atoms with Crippen LogP contribution >= 0.6 is 11.6 Å². The summed E-state index contributed by atoms with van der Waals surface area (Å²) < 4.78 is 22.0. The Kier molecular flexibility index (Phi) is 5.30. The Hall–Kier alpha value is -0.913. The van der Waals surface area contributed by atoms with Crippen LogP contribution in [0.5, 0.6) is 0 Å². The fourth-order valence-electron chi connectivity index (χ4n) is 2.33. The van der Waals surface area contributed by atoms with Crippen LogP contribution in [0.3, 0.4) is 0 Å². The SMILES string of the molecule is CC(C)c1cn(COCC[Si](C)(C)C)c2cnc(Cl)c(F)c12. The molecule has 2 aromatic heterocycles. The highest BCUT2D eigenvalue weighted by atomic mass is 35.5. The second-order valence-electron chi connectivity index (χ2n) is 7.18. The van der Waals surface area contributed by atoms with E-state index >= 15 is 0 Å². The second-order valence-corrected chi connectivity index (χ2v) is 13.2. The Balaban J connectivity index is 2.26. The van der Waals surface area contributed by atoms with E-state index in [0.29, 0.717) is 12.1 Å². The first kappa shape index (κ1) is 17.4. The van der Waals surface area contributed by atoms with Crippen LogP contribution in [-0.2, 0) is 11.5 Å². The van der Waals surface area contributed by atoms with Gasteiger partial charge in [0.25, 0.3) is 0 Å². The van der Waals surface area contributed by atoms with Crippen molar-refractivity contribution in [1.29, 1.82) is 0 Å². The van der Waals surface area contributed by atoms with E-state index in [1.54, 1.807) is 6.20 Å². The van der Waals surface area contributed by atoms with Gasteiger partial charge in [0.2, 0.25) is 0 Å². The van der Waals surface area contributed by atoms with E-state index in [1.165, 1.54) is 0 Å². The monoisotopic (exact) mass is 342 g/mol. The quantitative estimate of drug-likeness (QED) is 0.406. The number of hydrogen-bond acceptors (Lipinski definition) is 2. The van der Waals surface area contributed by atoms with Gasteiger partial charge in [-0.1, -0.05) is 45.1 Å². The third-order valence-corrected chi connectivity index (χ3v) is 5.67. The average Bonchev–Trinajstić information content (AvgIpc) is 2.77. The lowest BCUT2D eigenvalue weighted by Gasteiger charge is -2.15. The van der Waals surface area contributed by atoms with Crippen molar-refractivity contribution in [1.82, 2.24) is 9.55 Å². The first-order valence-corrected chi connectivity index (χ1v) is 11.7. The molecule has 0 aliphatic rings. The van der Waals surface area contributed by atoms with Gasteiger partial charge >= 0.3 is 0 Å². The molecule has 0 N–H and O–H groups in total. The van der Waals surface area contributed by atoms with E-state index in [1.807, 2.05) is 24.6 Å². The Bertz CT molecular complexity index is 664. The van der Waals surface area contributed by atoms with Gasteiger partial charge < -0.3 is 9.30 Å². The zero-order valence-corrected chi connectivity index (χ0v) is 15.7. The van der Waals surface area contributed by atoms with Gasteiger partial charge in [-0.2, -0.15) is 0 Å². The molecule has 0 fully saturated rings. The summed E-state index contributed by atoms with van der Waals surface area (Å²) in [6.45, 7) is 12.2. The highest BCUT2D eigenvalue weighted by Crippen LogP contribution is 2.31. The Labute approximate surface area is 137 Å². The maximum Gasteiger partial charge on any atom is 0.170 e. The number of pyridine rings is 1. The predicted molar refractivity (Wildman–Crippen MR) is 92.9 cm³/mol. The number of nitrogens with zero attached hydrogens (tertiary/aromatic N) is 2. The van der Waals surface area contributed by atoms with Crippen LogP contribution in [0.15, 0.2) is 12.4 Å². The van der Waals surface area contributed by atoms with E-state index in [9.17, 15) is 4.39 Å². The van der Waals surface area contributed by atoms with Gasteiger partial charge in [0, 0.05) is 26.3 Å². The lowest BCUT2D eigenvalue weighted by molar-refractivity contribution is 0.0901. The summed E-state index contributed by atoms with van der Waals surface area (Å²) in [6, 6.07) is 1.11. The second kappa shape index (κ2) is 6.68. The molecule has 0 spiro atoms. The molecule has 0 atom stereocenters. The number of halogens is 2. The molecule has 0 saturated carbocycles. The number of aromatic nitrogens is 2. The van der Waals surface area contributed by atoms with Crippen LogP contribution in [0, 0.1) is 5.82 Å². The van der Waals surface area contributed by atoms with Gasteiger partial charge in [-0.15, -0.1) is 0 Å². The van der Waals surface area contributed by atoms with Crippen molar-refractivity contribution in [3.8, 4) is 0 Å². The molecule has 0 amide bonds. The maximum atomic E-state index is 14.3. The smallest absolute Gasteiger partial charge is 0.170 e. The van der Waals surface area contributed by atoms with Gasteiger partial charge in [0.15, 0.2) is 11.0 Å². The van der Waals surface area contributed by atoms with E-state index in [-0.39, 0.29) is 11.1 Å². The summed E-state index contributed by atoms with van der Waals surface area (Å²) >= 11 is 5.83. The fraction of sp³-hybridized carbons (Fsp3) is 0.562. The highest BCUT2D eigenvalue weighted by molar-refractivity contribution is 6.76.